The molecule has 2 unspecified atom stereocenters. The number of halogens is 2. The SMILES string of the molecule is C=C(CCNC(=O)C1CC(C)N(C)OS1)NC(=O)COc1ccc(Cl)c(F)c1. The first-order chi connectivity index (χ1) is 13.3. The van der Waals surface area contributed by atoms with Crippen molar-refractivity contribution in [1.29, 1.82) is 0 Å². The Hall–Kier alpha value is -1.81. The Balaban J connectivity index is 1.64. The zero-order valence-corrected chi connectivity index (χ0v) is 17.2. The summed E-state index contributed by atoms with van der Waals surface area (Å²) < 4.78 is 23.9. The van der Waals surface area contributed by atoms with Crippen molar-refractivity contribution in [3.05, 3.63) is 41.3 Å². The van der Waals surface area contributed by atoms with Gasteiger partial charge in [-0.15, -0.1) is 0 Å². The number of carbonyl (C=O) groups excluding carboxylic acids is 2. The molecule has 28 heavy (non-hydrogen) atoms. The van der Waals surface area contributed by atoms with Crippen LogP contribution in [0.1, 0.15) is 19.8 Å². The van der Waals surface area contributed by atoms with E-state index in [1.165, 1.54) is 12.1 Å². The Morgan fingerprint density at radius 2 is 2.25 bits per heavy atom. The zero-order chi connectivity index (χ0) is 20.7. The third kappa shape index (κ3) is 6.97. The molecule has 1 aliphatic rings. The lowest BCUT2D eigenvalue weighted by atomic mass is 10.1. The van der Waals surface area contributed by atoms with E-state index < -0.39 is 11.7 Å². The summed E-state index contributed by atoms with van der Waals surface area (Å²) in [7, 11) is 1.83. The predicted octanol–water partition coefficient (Wildman–Crippen LogP) is 2.67. The van der Waals surface area contributed by atoms with Gasteiger partial charge in [-0.2, -0.15) is 5.06 Å². The first-order valence-corrected chi connectivity index (χ1v) is 9.84. The quantitative estimate of drug-likeness (QED) is 0.616. The maximum absolute atomic E-state index is 13.3. The van der Waals surface area contributed by atoms with E-state index in [0.29, 0.717) is 25.1 Å². The van der Waals surface area contributed by atoms with E-state index in [9.17, 15) is 14.0 Å². The minimum atomic E-state index is -0.623. The Morgan fingerprint density at radius 3 is 2.93 bits per heavy atom. The molecule has 0 bridgehead atoms. The molecular formula is C18H23ClFN3O4S. The summed E-state index contributed by atoms with van der Waals surface area (Å²) >= 11 is 6.71. The van der Waals surface area contributed by atoms with Gasteiger partial charge >= 0.3 is 0 Å². The highest BCUT2D eigenvalue weighted by atomic mass is 35.5. The van der Waals surface area contributed by atoms with Crippen LogP contribution in [-0.4, -0.2) is 48.4 Å². The van der Waals surface area contributed by atoms with Gasteiger partial charge in [0.05, 0.1) is 5.02 Å². The summed E-state index contributed by atoms with van der Waals surface area (Å²) in [5, 5.41) is 6.80. The monoisotopic (exact) mass is 431 g/mol. The molecule has 0 radical (unpaired) electrons. The Kier molecular flexibility index (Phi) is 8.56. The number of carbonyl (C=O) groups is 2. The summed E-state index contributed by atoms with van der Waals surface area (Å²) in [6, 6.07) is 4.07. The maximum atomic E-state index is 13.3. The highest BCUT2D eigenvalue weighted by Crippen LogP contribution is 2.27. The van der Waals surface area contributed by atoms with E-state index in [2.05, 4.69) is 17.2 Å². The average Bonchev–Trinajstić information content (AvgIpc) is 2.64. The summed E-state index contributed by atoms with van der Waals surface area (Å²) in [5.41, 5.74) is 0.442. The molecule has 0 saturated carbocycles. The first-order valence-electron chi connectivity index (χ1n) is 8.65. The molecular weight excluding hydrogens is 409 g/mol. The highest BCUT2D eigenvalue weighted by Gasteiger charge is 2.30. The fourth-order valence-electron chi connectivity index (χ4n) is 2.30. The third-order valence-corrected chi connectivity index (χ3v) is 5.31. The largest absolute Gasteiger partial charge is 0.484 e. The number of nitrogens with zero attached hydrogens (tertiary/aromatic N) is 1. The van der Waals surface area contributed by atoms with E-state index in [-0.39, 0.29) is 34.6 Å². The van der Waals surface area contributed by atoms with Crippen LogP contribution >= 0.6 is 23.6 Å². The van der Waals surface area contributed by atoms with Crippen molar-refractivity contribution >= 4 is 35.5 Å². The number of amides is 2. The Labute approximate surface area is 172 Å². The molecule has 1 heterocycles. The maximum Gasteiger partial charge on any atom is 0.262 e. The molecule has 1 fully saturated rings. The van der Waals surface area contributed by atoms with Crippen molar-refractivity contribution < 1.29 is 23.0 Å². The van der Waals surface area contributed by atoms with Crippen molar-refractivity contribution in [2.24, 2.45) is 0 Å². The molecule has 2 rings (SSSR count). The smallest absolute Gasteiger partial charge is 0.262 e. The van der Waals surface area contributed by atoms with Gasteiger partial charge < -0.3 is 15.4 Å². The molecule has 0 aliphatic carbocycles. The highest BCUT2D eigenvalue weighted by molar-refractivity contribution is 7.96. The summed E-state index contributed by atoms with van der Waals surface area (Å²) in [6.45, 7) is 5.78. The number of benzene rings is 1. The van der Waals surface area contributed by atoms with Crippen LogP contribution in [-0.2, 0) is 13.9 Å². The number of ether oxygens (including phenoxy) is 1. The molecule has 1 aromatic rings. The van der Waals surface area contributed by atoms with Gasteiger partial charge in [0.1, 0.15) is 16.8 Å². The van der Waals surface area contributed by atoms with Crippen LogP contribution in [0.3, 0.4) is 0 Å². The Morgan fingerprint density at radius 1 is 1.50 bits per heavy atom. The van der Waals surface area contributed by atoms with E-state index in [4.69, 9.17) is 20.6 Å². The van der Waals surface area contributed by atoms with Crippen LogP contribution in [0.4, 0.5) is 4.39 Å². The minimum absolute atomic E-state index is 0.0214. The van der Waals surface area contributed by atoms with Gasteiger partial charge in [-0.25, -0.2) is 8.67 Å². The number of rotatable bonds is 8. The molecule has 2 N–H and O–H groups in total. The van der Waals surface area contributed by atoms with E-state index >= 15 is 0 Å². The first kappa shape index (κ1) is 22.5. The standard InChI is InChI=1S/C18H23ClFN3O4S/c1-11(6-7-21-18(25)16-8-12(2)23(3)27-28-16)22-17(24)10-26-13-4-5-14(19)15(20)9-13/h4-5,9,12,16H,1,6-8,10H2,2-3H3,(H,21,25)(H,22,24). The van der Waals surface area contributed by atoms with Crippen molar-refractivity contribution in [2.45, 2.75) is 31.1 Å². The molecule has 2 amide bonds. The lowest BCUT2D eigenvalue weighted by Crippen LogP contribution is -2.43. The lowest BCUT2D eigenvalue weighted by molar-refractivity contribution is -0.123. The molecule has 0 spiro atoms. The number of nitrogens with one attached hydrogen (secondary N) is 2. The Bertz CT molecular complexity index is 737. The van der Waals surface area contributed by atoms with Crippen LogP contribution in [0.5, 0.6) is 5.75 Å². The van der Waals surface area contributed by atoms with Crippen molar-refractivity contribution in [2.75, 3.05) is 20.2 Å². The second kappa shape index (κ2) is 10.7. The molecule has 10 heteroatoms. The van der Waals surface area contributed by atoms with Crippen molar-refractivity contribution in [1.82, 2.24) is 15.7 Å². The van der Waals surface area contributed by atoms with Gasteiger partial charge in [0, 0.05) is 49.9 Å². The normalized spacial score (nSPS) is 19.7. The van der Waals surface area contributed by atoms with E-state index in [1.807, 2.05) is 14.0 Å². The third-order valence-electron chi connectivity index (χ3n) is 4.05. The number of hydrogen-bond acceptors (Lipinski definition) is 6. The van der Waals surface area contributed by atoms with Crippen LogP contribution in [0.25, 0.3) is 0 Å². The molecule has 2 atom stereocenters. The van der Waals surface area contributed by atoms with E-state index in [1.54, 1.807) is 5.06 Å². The zero-order valence-electron chi connectivity index (χ0n) is 15.7. The van der Waals surface area contributed by atoms with Crippen LogP contribution in [0, 0.1) is 5.82 Å². The molecule has 7 nitrogen and oxygen atoms in total. The molecule has 1 aromatic carbocycles. The summed E-state index contributed by atoms with van der Waals surface area (Å²) in [4.78, 5) is 24.0. The predicted molar refractivity (Wildman–Crippen MR) is 106 cm³/mol. The van der Waals surface area contributed by atoms with Gasteiger partial charge in [0.25, 0.3) is 5.91 Å². The molecule has 0 aromatic heterocycles. The second-order valence-corrected chi connectivity index (χ2v) is 7.67. The van der Waals surface area contributed by atoms with E-state index in [0.717, 1.165) is 18.1 Å². The summed E-state index contributed by atoms with van der Waals surface area (Å²) in [5.74, 6) is -0.971. The number of hydroxylamine groups is 2. The fraction of sp³-hybridized carbons (Fsp3) is 0.444. The van der Waals surface area contributed by atoms with Crippen LogP contribution in [0.15, 0.2) is 30.5 Å². The van der Waals surface area contributed by atoms with Crippen LogP contribution in [0.2, 0.25) is 5.02 Å². The fourth-order valence-corrected chi connectivity index (χ4v) is 3.34. The number of hydrogen-bond donors (Lipinski definition) is 2. The van der Waals surface area contributed by atoms with Gasteiger partial charge in [0.2, 0.25) is 5.91 Å². The van der Waals surface area contributed by atoms with Crippen molar-refractivity contribution in [3.8, 4) is 5.75 Å². The lowest BCUT2D eigenvalue weighted by Gasteiger charge is -2.32. The average molecular weight is 432 g/mol. The minimum Gasteiger partial charge on any atom is -0.484 e. The van der Waals surface area contributed by atoms with Gasteiger partial charge in [-0.1, -0.05) is 18.2 Å². The van der Waals surface area contributed by atoms with Gasteiger partial charge in [-0.3, -0.25) is 9.59 Å². The summed E-state index contributed by atoms with van der Waals surface area (Å²) in [6.07, 6.45) is 1.06. The second-order valence-electron chi connectivity index (χ2n) is 6.35. The van der Waals surface area contributed by atoms with Crippen LogP contribution < -0.4 is 15.4 Å². The molecule has 1 aliphatic heterocycles. The van der Waals surface area contributed by atoms with Gasteiger partial charge in [-0.05, 0) is 25.5 Å². The molecule has 154 valence electrons. The van der Waals surface area contributed by atoms with Crippen molar-refractivity contribution in [3.63, 3.8) is 0 Å². The van der Waals surface area contributed by atoms with Gasteiger partial charge in [0.15, 0.2) is 6.61 Å². The molecule has 1 saturated heterocycles. The topological polar surface area (TPSA) is 79.9 Å².